The van der Waals surface area contributed by atoms with Crippen LogP contribution in [0.15, 0.2) is 28.7 Å². The predicted molar refractivity (Wildman–Crippen MR) is 101 cm³/mol. The smallest absolute Gasteiger partial charge is 0.289 e. The molecule has 7 heteroatoms. The summed E-state index contributed by atoms with van der Waals surface area (Å²) in [6.45, 7) is 1.57. The first kappa shape index (κ1) is 18.8. The molecular weight excluding hydrogens is 362 g/mol. The van der Waals surface area contributed by atoms with Crippen LogP contribution in [-0.4, -0.2) is 49.8 Å². The summed E-state index contributed by atoms with van der Waals surface area (Å²) in [6, 6.07) is 7.29. The van der Waals surface area contributed by atoms with Gasteiger partial charge in [-0.05, 0) is 54.7 Å². The van der Waals surface area contributed by atoms with Crippen molar-refractivity contribution in [3.63, 3.8) is 0 Å². The van der Waals surface area contributed by atoms with Crippen molar-refractivity contribution in [1.82, 2.24) is 4.90 Å². The van der Waals surface area contributed by atoms with E-state index in [1.807, 2.05) is 12.1 Å². The zero-order valence-electron chi connectivity index (χ0n) is 16.2. The molecule has 0 unspecified atom stereocenters. The number of piperidine rings is 1. The van der Waals surface area contributed by atoms with E-state index in [0.717, 1.165) is 17.7 Å². The zero-order valence-corrected chi connectivity index (χ0v) is 16.2. The van der Waals surface area contributed by atoms with Crippen molar-refractivity contribution in [2.75, 3.05) is 33.9 Å². The molecule has 0 bridgehead atoms. The SMILES string of the molecule is COc1cc2c(cc1OC)C1(CCN(C(=O)c3ccc(CO)o3)CC1)OCC2. The number of likely N-dealkylation sites (tertiary alicyclic amines) is 1. The summed E-state index contributed by atoms with van der Waals surface area (Å²) in [5.74, 6) is 1.91. The van der Waals surface area contributed by atoms with Crippen LogP contribution in [0.4, 0.5) is 0 Å². The fraction of sp³-hybridized carbons (Fsp3) is 0.476. The van der Waals surface area contributed by atoms with Gasteiger partial charge < -0.3 is 28.6 Å². The van der Waals surface area contributed by atoms with Gasteiger partial charge in [-0.25, -0.2) is 0 Å². The highest BCUT2D eigenvalue weighted by Gasteiger charge is 2.42. The number of methoxy groups -OCH3 is 2. The third-order valence-electron chi connectivity index (χ3n) is 5.74. The minimum absolute atomic E-state index is 0.155. The molecule has 0 aliphatic carbocycles. The van der Waals surface area contributed by atoms with Gasteiger partial charge in [-0.2, -0.15) is 0 Å². The van der Waals surface area contributed by atoms with Crippen LogP contribution in [0.2, 0.25) is 0 Å². The van der Waals surface area contributed by atoms with Crippen molar-refractivity contribution in [3.05, 3.63) is 46.9 Å². The molecule has 7 nitrogen and oxygen atoms in total. The maximum Gasteiger partial charge on any atom is 0.289 e. The fourth-order valence-electron chi connectivity index (χ4n) is 4.20. The Balaban J connectivity index is 1.55. The second-order valence-electron chi connectivity index (χ2n) is 7.17. The van der Waals surface area contributed by atoms with E-state index >= 15 is 0 Å². The van der Waals surface area contributed by atoms with Crippen LogP contribution in [-0.2, 0) is 23.4 Å². The quantitative estimate of drug-likeness (QED) is 0.868. The molecule has 4 rings (SSSR count). The van der Waals surface area contributed by atoms with Crippen LogP contribution in [0.25, 0.3) is 0 Å². The number of ether oxygens (including phenoxy) is 3. The minimum atomic E-state index is -0.413. The van der Waals surface area contributed by atoms with E-state index in [1.165, 1.54) is 5.56 Å². The molecule has 0 saturated carbocycles. The Hall–Kier alpha value is -2.51. The molecule has 2 aliphatic rings. The Morgan fingerprint density at radius 2 is 1.89 bits per heavy atom. The van der Waals surface area contributed by atoms with Crippen LogP contribution in [0.5, 0.6) is 11.5 Å². The summed E-state index contributed by atoms with van der Waals surface area (Å²) < 4.78 is 22.6. The molecule has 28 heavy (non-hydrogen) atoms. The zero-order chi connectivity index (χ0) is 19.7. The van der Waals surface area contributed by atoms with E-state index in [4.69, 9.17) is 23.7 Å². The van der Waals surface area contributed by atoms with E-state index in [-0.39, 0.29) is 18.3 Å². The molecule has 1 N–H and O–H groups in total. The van der Waals surface area contributed by atoms with Crippen LogP contribution < -0.4 is 9.47 Å². The molecule has 0 radical (unpaired) electrons. The second-order valence-corrected chi connectivity index (χ2v) is 7.17. The summed E-state index contributed by atoms with van der Waals surface area (Å²) >= 11 is 0. The number of aliphatic hydroxyl groups is 1. The number of fused-ring (bicyclic) bond motifs is 2. The first-order chi connectivity index (χ1) is 13.6. The minimum Gasteiger partial charge on any atom is -0.493 e. The standard InChI is InChI=1S/C21H25NO6/c1-25-18-11-14-5-10-27-21(16(14)12-19(18)26-2)6-8-22(9-7-21)20(24)17-4-3-15(13-23)28-17/h3-4,11-12,23H,5-10,13H2,1-2H3. The number of furan rings is 1. The molecule has 0 atom stereocenters. The predicted octanol–water partition coefficient (Wildman–Crippen LogP) is 2.49. The van der Waals surface area contributed by atoms with Gasteiger partial charge in [0.05, 0.1) is 26.4 Å². The third kappa shape index (κ3) is 3.14. The van der Waals surface area contributed by atoms with Crippen molar-refractivity contribution in [3.8, 4) is 11.5 Å². The number of benzene rings is 1. The number of carbonyl (C=O) groups is 1. The molecule has 1 saturated heterocycles. The Morgan fingerprint density at radius 3 is 2.54 bits per heavy atom. The fourth-order valence-corrected chi connectivity index (χ4v) is 4.20. The van der Waals surface area contributed by atoms with Gasteiger partial charge in [0.1, 0.15) is 12.4 Å². The number of carbonyl (C=O) groups excluding carboxylic acids is 1. The third-order valence-corrected chi connectivity index (χ3v) is 5.74. The molecule has 150 valence electrons. The lowest BCUT2D eigenvalue weighted by molar-refractivity contribution is -0.0938. The maximum atomic E-state index is 12.7. The molecule has 1 amide bonds. The lowest BCUT2D eigenvalue weighted by Gasteiger charge is -2.45. The van der Waals surface area contributed by atoms with Gasteiger partial charge in [-0.1, -0.05) is 0 Å². The second kappa shape index (κ2) is 7.48. The Morgan fingerprint density at radius 1 is 1.18 bits per heavy atom. The lowest BCUT2D eigenvalue weighted by Crippen LogP contribution is -2.48. The van der Waals surface area contributed by atoms with Crippen LogP contribution >= 0.6 is 0 Å². The van der Waals surface area contributed by atoms with E-state index in [0.29, 0.717) is 44.0 Å². The van der Waals surface area contributed by atoms with Crippen molar-refractivity contribution >= 4 is 5.91 Å². The van der Waals surface area contributed by atoms with E-state index in [1.54, 1.807) is 31.3 Å². The number of amides is 1. The summed E-state index contributed by atoms with van der Waals surface area (Å²) in [5.41, 5.74) is 1.93. The summed E-state index contributed by atoms with van der Waals surface area (Å²) in [6.07, 6.45) is 2.24. The van der Waals surface area contributed by atoms with Crippen molar-refractivity contribution < 1.29 is 28.5 Å². The highest BCUT2D eigenvalue weighted by atomic mass is 16.5. The van der Waals surface area contributed by atoms with Gasteiger partial charge in [0.25, 0.3) is 5.91 Å². The normalized spacial score (nSPS) is 18.0. The van der Waals surface area contributed by atoms with Crippen LogP contribution in [0, 0.1) is 0 Å². The Labute approximate surface area is 163 Å². The van der Waals surface area contributed by atoms with E-state index in [9.17, 15) is 4.79 Å². The van der Waals surface area contributed by atoms with Crippen molar-refractivity contribution in [1.29, 1.82) is 0 Å². The van der Waals surface area contributed by atoms with Gasteiger partial charge in [0.15, 0.2) is 17.3 Å². The number of nitrogens with zero attached hydrogens (tertiary/aromatic N) is 1. The first-order valence-electron chi connectivity index (χ1n) is 9.48. The van der Waals surface area contributed by atoms with Crippen molar-refractivity contribution in [2.24, 2.45) is 0 Å². The molecule has 1 aromatic carbocycles. The molecule has 2 aromatic rings. The van der Waals surface area contributed by atoms with Crippen molar-refractivity contribution in [2.45, 2.75) is 31.5 Å². The van der Waals surface area contributed by atoms with Gasteiger partial charge >= 0.3 is 0 Å². The largest absolute Gasteiger partial charge is 0.493 e. The average Bonchev–Trinajstić information content (AvgIpc) is 3.22. The van der Waals surface area contributed by atoms with Gasteiger partial charge in [0.2, 0.25) is 0 Å². The Bertz CT molecular complexity index is 866. The summed E-state index contributed by atoms with van der Waals surface area (Å²) in [5, 5.41) is 9.13. The topological polar surface area (TPSA) is 81.4 Å². The molecule has 1 aromatic heterocycles. The van der Waals surface area contributed by atoms with Gasteiger partial charge in [-0.15, -0.1) is 0 Å². The maximum absolute atomic E-state index is 12.7. The molecular formula is C21H25NO6. The molecule has 1 spiro atoms. The molecule has 2 aliphatic heterocycles. The number of aliphatic hydroxyl groups excluding tert-OH is 1. The highest BCUT2D eigenvalue weighted by molar-refractivity contribution is 5.91. The number of rotatable bonds is 4. The lowest BCUT2D eigenvalue weighted by atomic mass is 9.79. The Kier molecular flexibility index (Phi) is 5.03. The monoisotopic (exact) mass is 387 g/mol. The average molecular weight is 387 g/mol. The number of hydrogen-bond donors (Lipinski definition) is 1. The number of hydrogen-bond acceptors (Lipinski definition) is 6. The summed E-state index contributed by atoms with van der Waals surface area (Å²) in [7, 11) is 3.27. The van der Waals surface area contributed by atoms with Crippen LogP contribution in [0.1, 0.15) is 40.3 Å². The summed E-state index contributed by atoms with van der Waals surface area (Å²) in [4.78, 5) is 14.5. The van der Waals surface area contributed by atoms with Gasteiger partial charge in [0, 0.05) is 13.1 Å². The van der Waals surface area contributed by atoms with Crippen LogP contribution in [0.3, 0.4) is 0 Å². The first-order valence-corrected chi connectivity index (χ1v) is 9.48. The van der Waals surface area contributed by atoms with Gasteiger partial charge in [-0.3, -0.25) is 4.79 Å². The van der Waals surface area contributed by atoms with E-state index in [2.05, 4.69) is 0 Å². The van der Waals surface area contributed by atoms with E-state index < -0.39 is 5.60 Å². The molecule has 1 fully saturated rings. The molecule has 3 heterocycles. The highest BCUT2D eigenvalue weighted by Crippen LogP contribution is 2.45.